The zero-order valence-electron chi connectivity index (χ0n) is 14.6. The highest BCUT2D eigenvalue weighted by Crippen LogP contribution is 2.22. The molecule has 1 N–H and O–H groups in total. The minimum atomic E-state index is -0.639. The van der Waals surface area contributed by atoms with Crippen molar-refractivity contribution < 1.29 is 14.3 Å². The molecule has 0 radical (unpaired) electrons. The molecule has 6 heteroatoms. The Kier molecular flexibility index (Phi) is 4.35. The molecule has 2 aromatic heterocycles. The van der Waals surface area contributed by atoms with Gasteiger partial charge in [0.1, 0.15) is 12.0 Å². The highest BCUT2D eigenvalue weighted by Gasteiger charge is 2.19. The largest absolute Gasteiger partial charge is 0.453 e. The van der Waals surface area contributed by atoms with Crippen LogP contribution in [-0.4, -0.2) is 33.3 Å². The van der Waals surface area contributed by atoms with Gasteiger partial charge in [0, 0.05) is 11.8 Å². The van der Waals surface area contributed by atoms with Crippen LogP contribution < -0.4 is 0 Å². The summed E-state index contributed by atoms with van der Waals surface area (Å²) in [6.07, 6.45) is 2.96. The SMILES string of the molecule is Cc1cc(C)c(C(=O)COC(=O)c2ncnc3[nH]ccc23)c(C)c1C. The molecule has 0 aliphatic rings. The van der Waals surface area contributed by atoms with Gasteiger partial charge in [0.05, 0.1) is 5.39 Å². The van der Waals surface area contributed by atoms with Crippen molar-refractivity contribution in [3.8, 4) is 0 Å². The van der Waals surface area contributed by atoms with E-state index in [9.17, 15) is 9.59 Å². The van der Waals surface area contributed by atoms with Crippen LogP contribution in [0.5, 0.6) is 0 Å². The zero-order chi connectivity index (χ0) is 18.1. The number of rotatable bonds is 4. The Morgan fingerprint density at radius 1 is 1.08 bits per heavy atom. The first kappa shape index (κ1) is 16.8. The number of aromatic nitrogens is 3. The maximum atomic E-state index is 12.6. The second-order valence-electron chi connectivity index (χ2n) is 6.10. The first-order valence-electron chi connectivity index (χ1n) is 7.96. The maximum absolute atomic E-state index is 12.6. The Morgan fingerprint density at radius 2 is 1.84 bits per heavy atom. The van der Waals surface area contributed by atoms with Crippen LogP contribution >= 0.6 is 0 Å². The van der Waals surface area contributed by atoms with E-state index in [4.69, 9.17) is 4.74 Å². The number of nitrogens with zero attached hydrogens (tertiary/aromatic N) is 2. The average Bonchev–Trinajstić information content (AvgIpc) is 3.06. The van der Waals surface area contributed by atoms with Crippen molar-refractivity contribution in [2.24, 2.45) is 0 Å². The summed E-state index contributed by atoms with van der Waals surface area (Å²) >= 11 is 0. The van der Waals surface area contributed by atoms with Gasteiger partial charge in [-0.15, -0.1) is 0 Å². The van der Waals surface area contributed by atoms with Gasteiger partial charge in [0.25, 0.3) is 0 Å². The van der Waals surface area contributed by atoms with Crippen molar-refractivity contribution in [1.82, 2.24) is 15.0 Å². The van der Waals surface area contributed by atoms with E-state index >= 15 is 0 Å². The van der Waals surface area contributed by atoms with Crippen molar-refractivity contribution in [3.05, 3.63) is 58.2 Å². The molecule has 0 fully saturated rings. The van der Waals surface area contributed by atoms with E-state index in [1.165, 1.54) is 6.33 Å². The second-order valence-corrected chi connectivity index (χ2v) is 6.10. The monoisotopic (exact) mass is 337 g/mol. The van der Waals surface area contributed by atoms with E-state index in [1.807, 2.05) is 33.8 Å². The molecule has 0 saturated heterocycles. The van der Waals surface area contributed by atoms with Crippen LogP contribution in [0.25, 0.3) is 11.0 Å². The van der Waals surface area contributed by atoms with Gasteiger partial charge in [-0.3, -0.25) is 4.79 Å². The normalized spacial score (nSPS) is 10.9. The highest BCUT2D eigenvalue weighted by atomic mass is 16.5. The summed E-state index contributed by atoms with van der Waals surface area (Å²) in [5.41, 5.74) is 5.34. The van der Waals surface area contributed by atoms with Crippen LogP contribution in [0.15, 0.2) is 24.7 Å². The summed E-state index contributed by atoms with van der Waals surface area (Å²) in [4.78, 5) is 35.8. The molecule has 128 valence electrons. The predicted molar refractivity (Wildman–Crippen MR) is 93.9 cm³/mol. The summed E-state index contributed by atoms with van der Waals surface area (Å²) in [6.45, 7) is 7.48. The molecule has 3 rings (SSSR count). The minimum Gasteiger partial charge on any atom is -0.453 e. The van der Waals surface area contributed by atoms with Gasteiger partial charge in [-0.2, -0.15) is 0 Å². The molecular formula is C19H19N3O3. The third-order valence-corrected chi connectivity index (χ3v) is 4.52. The minimum absolute atomic E-state index is 0.146. The van der Waals surface area contributed by atoms with Crippen LogP contribution in [0.4, 0.5) is 0 Å². The highest BCUT2D eigenvalue weighted by molar-refractivity contribution is 6.04. The standard InChI is InChI=1S/C19H19N3O3/c1-10-7-11(2)16(13(4)12(10)3)15(23)8-25-19(24)17-14-5-6-20-18(14)22-9-21-17/h5-7,9H,8H2,1-4H3,(H,20,21,22). The van der Waals surface area contributed by atoms with Gasteiger partial charge in [-0.05, 0) is 56.0 Å². The van der Waals surface area contributed by atoms with Crippen LogP contribution in [0, 0.1) is 27.7 Å². The fourth-order valence-electron chi connectivity index (χ4n) is 3.02. The number of benzene rings is 1. The van der Waals surface area contributed by atoms with Crippen molar-refractivity contribution in [2.75, 3.05) is 6.61 Å². The number of H-pyrrole nitrogens is 1. The van der Waals surface area contributed by atoms with Gasteiger partial charge in [-0.25, -0.2) is 14.8 Å². The van der Waals surface area contributed by atoms with E-state index in [0.717, 1.165) is 22.3 Å². The second kappa shape index (κ2) is 6.47. The smallest absolute Gasteiger partial charge is 0.358 e. The lowest BCUT2D eigenvalue weighted by molar-refractivity contribution is 0.0470. The van der Waals surface area contributed by atoms with Gasteiger partial charge in [-0.1, -0.05) is 6.07 Å². The van der Waals surface area contributed by atoms with E-state index in [1.54, 1.807) is 12.3 Å². The fraction of sp³-hybridized carbons (Fsp3) is 0.263. The molecule has 0 aliphatic carbocycles. The summed E-state index contributed by atoms with van der Waals surface area (Å²) in [5.74, 6) is -0.856. The molecule has 0 amide bonds. The quantitative estimate of drug-likeness (QED) is 0.583. The topological polar surface area (TPSA) is 84.9 Å². The molecule has 0 unspecified atom stereocenters. The van der Waals surface area contributed by atoms with E-state index in [-0.39, 0.29) is 18.1 Å². The predicted octanol–water partition coefficient (Wildman–Crippen LogP) is 3.23. The molecule has 0 saturated carbocycles. The number of carbonyl (C=O) groups excluding carboxylic acids is 2. The number of ether oxygens (including phenoxy) is 1. The fourth-order valence-corrected chi connectivity index (χ4v) is 3.02. The summed E-state index contributed by atoms with van der Waals surface area (Å²) in [5, 5.41) is 0.568. The number of Topliss-reactive ketones (excluding diaryl/α,β-unsaturated/α-hetero) is 1. The molecule has 0 aliphatic heterocycles. The van der Waals surface area contributed by atoms with E-state index < -0.39 is 5.97 Å². The molecule has 6 nitrogen and oxygen atoms in total. The van der Waals surface area contributed by atoms with E-state index in [0.29, 0.717) is 16.6 Å². The first-order valence-corrected chi connectivity index (χ1v) is 7.96. The van der Waals surface area contributed by atoms with Gasteiger partial charge in [0.2, 0.25) is 5.78 Å². The molecule has 0 spiro atoms. The third kappa shape index (κ3) is 3.03. The number of carbonyl (C=O) groups is 2. The summed E-state index contributed by atoms with van der Waals surface area (Å²) in [6, 6.07) is 3.68. The number of nitrogens with one attached hydrogen (secondary N) is 1. The maximum Gasteiger partial charge on any atom is 0.358 e. The first-order chi connectivity index (χ1) is 11.9. The third-order valence-electron chi connectivity index (χ3n) is 4.52. The average molecular weight is 337 g/mol. The number of esters is 1. The Morgan fingerprint density at radius 3 is 2.60 bits per heavy atom. The van der Waals surface area contributed by atoms with Crippen LogP contribution in [0.3, 0.4) is 0 Å². The van der Waals surface area contributed by atoms with Crippen LogP contribution in [-0.2, 0) is 4.74 Å². The Hall–Kier alpha value is -3.02. The van der Waals surface area contributed by atoms with Crippen molar-refractivity contribution >= 4 is 22.8 Å². The summed E-state index contributed by atoms with van der Waals surface area (Å²) < 4.78 is 5.21. The van der Waals surface area contributed by atoms with Gasteiger partial charge >= 0.3 is 5.97 Å². The lowest BCUT2D eigenvalue weighted by Crippen LogP contribution is -2.18. The molecule has 3 aromatic rings. The number of fused-ring (bicyclic) bond motifs is 1. The molecule has 0 atom stereocenters. The van der Waals surface area contributed by atoms with Crippen molar-refractivity contribution in [3.63, 3.8) is 0 Å². The molecular weight excluding hydrogens is 318 g/mol. The Labute approximate surface area is 145 Å². The van der Waals surface area contributed by atoms with Crippen LogP contribution in [0.1, 0.15) is 43.1 Å². The van der Waals surface area contributed by atoms with Crippen LogP contribution in [0.2, 0.25) is 0 Å². The molecule has 25 heavy (non-hydrogen) atoms. The lowest BCUT2D eigenvalue weighted by Gasteiger charge is -2.14. The molecule has 2 heterocycles. The van der Waals surface area contributed by atoms with Crippen molar-refractivity contribution in [2.45, 2.75) is 27.7 Å². The lowest BCUT2D eigenvalue weighted by atomic mass is 9.92. The number of aromatic amines is 1. The molecule has 1 aromatic carbocycles. The van der Waals surface area contributed by atoms with Crippen molar-refractivity contribution in [1.29, 1.82) is 0 Å². The van der Waals surface area contributed by atoms with Gasteiger partial charge in [0.15, 0.2) is 12.3 Å². The van der Waals surface area contributed by atoms with E-state index in [2.05, 4.69) is 15.0 Å². The number of ketones is 1. The number of hydrogen-bond donors (Lipinski definition) is 1. The zero-order valence-corrected chi connectivity index (χ0v) is 14.6. The van der Waals surface area contributed by atoms with Gasteiger partial charge < -0.3 is 9.72 Å². The molecule has 0 bridgehead atoms. The summed E-state index contributed by atoms with van der Waals surface area (Å²) in [7, 11) is 0. The Balaban J connectivity index is 1.80. The number of hydrogen-bond acceptors (Lipinski definition) is 5. The Bertz CT molecular complexity index is 989. The number of aryl methyl sites for hydroxylation is 2.